The molecule has 0 saturated carbocycles. The SMILES string of the molecule is COc1cc2c(C(C)=O)c(C)n(-c3ccc(Cl)cc3)c2cc1-c1cc(-c2ccccc2)c(C#N)c(N)n1. The molecule has 2 aromatic heterocycles. The fourth-order valence-electron chi connectivity index (χ4n) is 4.84. The first-order valence-electron chi connectivity index (χ1n) is 11.6. The lowest BCUT2D eigenvalue weighted by molar-refractivity contribution is 0.101. The number of nitrogen functional groups attached to an aromatic ring is 1. The molecule has 5 aromatic rings. The Kier molecular flexibility index (Phi) is 6.16. The molecule has 3 aromatic carbocycles. The van der Waals surface area contributed by atoms with Gasteiger partial charge in [-0.3, -0.25) is 4.79 Å². The van der Waals surface area contributed by atoms with E-state index in [2.05, 4.69) is 11.1 Å². The van der Waals surface area contributed by atoms with Gasteiger partial charge in [0.1, 0.15) is 23.2 Å². The lowest BCUT2D eigenvalue weighted by atomic mass is 9.97. The number of hydrogen-bond donors (Lipinski definition) is 1. The Balaban J connectivity index is 1.84. The number of carbonyl (C=O) groups excluding carboxylic acids is 1. The summed E-state index contributed by atoms with van der Waals surface area (Å²) in [6, 6.07) is 24.9. The number of aromatic nitrogens is 2. The number of pyridine rings is 1. The summed E-state index contributed by atoms with van der Waals surface area (Å²) in [7, 11) is 1.58. The van der Waals surface area contributed by atoms with Crippen LogP contribution in [0.2, 0.25) is 5.02 Å². The van der Waals surface area contributed by atoms with E-state index in [1.165, 1.54) is 0 Å². The molecule has 0 unspecified atom stereocenters. The lowest BCUT2D eigenvalue weighted by Gasteiger charge is -2.14. The molecule has 37 heavy (non-hydrogen) atoms. The van der Waals surface area contributed by atoms with E-state index in [9.17, 15) is 10.1 Å². The number of nitrogens with two attached hydrogens (primary N) is 1. The zero-order valence-electron chi connectivity index (χ0n) is 20.5. The second kappa shape index (κ2) is 9.45. The Bertz CT molecular complexity index is 1720. The Morgan fingerprint density at radius 1 is 1.05 bits per heavy atom. The normalized spacial score (nSPS) is 10.9. The number of methoxy groups -OCH3 is 1. The van der Waals surface area contributed by atoms with E-state index in [4.69, 9.17) is 22.1 Å². The predicted molar refractivity (Wildman–Crippen MR) is 147 cm³/mol. The molecule has 0 aliphatic carbocycles. The number of anilines is 1. The van der Waals surface area contributed by atoms with Gasteiger partial charge in [-0.05, 0) is 61.9 Å². The highest BCUT2D eigenvalue weighted by Crippen LogP contribution is 2.40. The van der Waals surface area contributed by atoms with Crippen LogP contribution in [0.15, 0.2) is 72.8 Å². The Morgan fingerprint density at radius 3 is 2.38 bits per heavy atom. The van der Waals surface area contributed by atoms with Crippen LogP contribution < -0.4 is 10.5 Å². The van der Waals surface area contributed by atoms with Crippen LogP contribution in [-0.4, -0.2) is 22.4 Å². The summed E-state index contributed by atoms with van der Waals surface area (Å²) in [5, 5.41) is 11.2. The Hall–Kier alpha value is -4.60. The minimum absolute atomic E-state index is 0.0443. The molecule has 0 spiro atoms. The average molecular weight is 507 g/mol. The highest BCUT2D eigenvalue weighted by molar-refractivity contribution is 6.30. The maximum atomic E-state index is 12.7. The minimum Gasteiger partial charge on any atom is -0.496 e. The van der Waals surface area contributed by atoms with Crippen molar-refractivity contribution >= 4 is 34.1 Å². The summed E-state index contributed by atoms with van der Waals surface area (Å²) < 4.78 is 7.80. The molecule has 0 atom stereocenters. The largest absolute Gasteiger partial charge is 0.496 e. The summed E-state index contributed by atoms with van der Waals surface area (Å²) in [6.07, 6.45) is 0. The number of nitrogens with zero attached hydrogens (tertiary/aromatic N) is 3. The van der Waals surface area contributed by atoms with Crippen LogP contribution in [0, 0.1) is 18.3 Å². The lowest BCUT2D eigenvalue weighted by Crippen LogP contribution is -2.01. The monoisotopic (exact) mass is 506 g/mol. The molecule has 2 heterocycles. The zero-order valence-corrected chi connectivity index (χ0v) is 21.3. The van der Waals surface area contributed by atoms with E-state index in [1.807, 2.05) is 84.3 Å². The molecule has 2 N–H and O–H groups in total. The number of ketones is 1. The molecule has 0 bridgehead atoms. The zero-order chi connectivity index (χ0) is 26.3. The van der Waals surface area contributed by atoms with E-state index in [0.29, 0.717) is 38.7 Å². The molecule has 5 rings (SSSR count). The highest BCUT2D eigenvalue weighted by atomic mass is 35.5. The van der Waals surface area contributed by atoms with Crippen LogP contribution in [0.5, 0.6) is 5.75 Å². The van der Waals surface area contributed by atoms with E-state index < -0.39 is 0 Å². The fraction of sp³-hybridized carbons (Fsp3) is 0.100. The molecule has 0 aliphatic rings. The number of nitriles is 1. The van der Waals surface area contributed by atoms with E-state index >= 15 is 0 Å². The third-order valence-electron chi connectivity index (χ3n) is 6.48. The first-order valence-corrected chi connectivity index (χ1v) is 12.0. The van der Waals surface area contributed by atoms with Gasteiger partial charge in [0, 0.05) is 38.5 Å². The van der Waals surface area contributed by atoms with Gasteiger partial charge < -0.3 is 15.0 Å². The molecule has 7 heteroatoms. The van der Waals surface area contributed by atoms with Gasteiger partial charge in [0.2, 0.25) is 0 Å². The van der Waals surface area contributed by atoms with Crippen molar-refractivity contribution in [3.8, 4) is 39.9 Å². The van der Waals surface area contributed by atoms with Crippen LogP contribution in [0.3, 0.4) is 0 Å². The smallest absolute Gasteiger partial charge is 0.162 e. The third-order valence-corrected chi connectivity index (χ3v) is 6.73. The maximum absolute atomic E-state index is 12.7. The van der Waals surface area contributed by atoms with Crippen molar-refractivity contribution in [2.45, 2.75) is 13.8 Å². The number of fused-ring (bicyclic) bond motifs is 1. The predicted octanol–water partition coefficient (Wildman–Crippen LogP) is 6.99. The van der Waals surface area contributed by atoms with Crippen LogP contribution in [-0.2, 0) is 0 Å². The van der Waals surface area contributed by atoms with E-state index in [1.54, 1.807) is 14.0 Å². The van der Waals surface area contributed by atoms with Gasteiger partial charge in [-0.25, -0.2) is 4.98 Å². The molecule has 0 aliphatic heterocycles. The van der Waals surface area contributed by atoms with Crippen molar-refractivity contribution in [1.82, 2.24) is 9.55 Å². The molecule has 6 nitrogen and oxygen atoms in total. The van der Waals surface area contributed by atoms with Crippen molar-refractivity contribution in [2.75, 3.05) is 12.8 Å². The first kappa shape index (κ1) is 24.1. The first-order chi connectivity index (χ1) is 17.8. The number of rotatable bonds is 5. The Labute approximate surface area is 219 Å². The van der Waals surface area contributed by atoms with Gasteiger partial charge >= 0.3 is 0 Å². The standard InChI is InChI=1S/C30H23ClN4O2/c1-17-29(18(2)36)24-15-28(37-3)23(14-27(24)35(17)21-11-9-20(31)10-12-21)26-13-22(19-7-5-4-6-8-19)25(16-32)30(33)34-26/h4-15H,1-3H3,(H2,33,34). The second-order valence-electron chi connectivity index (χ2n) is 8.69. The van der Waals surface area contributed by atoms with E-state index in [-0.39, 0.29) is 11.6 Å². The number of halogens is 1. The van der Waals surface area contributed by atoms with Crippen molar-refractivity contribution in [2.24, 2.45) is 0 Å². The number of ether oxygens (including phenoxy) is 1. The van der Waals surface area contributed by atoms with Gasteiger partial charge in [-0.1, -0.05) is 41.9 Å². The molecule has 0 radical (unpaired) electrons. The van der Waals surface area contributed by atoms with Crippen LogP contribution in [0.1, 0.15) is 28.5 Å². The topological polar surface area (TPSA) is 93.9 Å². The van der Waals surface area contributed by atoms with Crippen molar-refractivity contribution in [3.05, 3.63) is 94.6 Å². The van der Waals surface area contributed by atoms with Crippen molar-refractivity contribution < 1.29 is 9.53 Å². The van der Waals surface area contributed by atoms with Crippen LogP contribution >= 0.6 is 11.6 Å². The van der Waals surface area contributed by atoms with Gasteiger partial charge in [-0.15, -0.1) is 0 Å². The average Bonchev–Trinajstić information content (AvgIpc) is 3.19. The maximum Gasteiger partial charge on any atom is 0.162 e. The quantitative estimate of drug-likeness (QED) is 0.259. The van der Waals surface area contributed by atoms with Crippen molar-refractivity contribution in [3.63, 3.8) is 0 Å². The number of benzene rings is 3. The van der Waals surface area contributed by atoms with Crippen LogP contribution in [0.4, 0.5) is 5.82 Å². The number of carbonyl (C=O) groups is 1. The number of hydrogen-bond acceptors (Lipinski definition) is 5. The van der Waals surface area contributed by atoms with Gasteiger partial charge in [0.25, 0.3) is 0 Å². The van der Waals surface area contributed by atoms with Crippen LogP contribution in [0.25, 0.3) is 39.0 Å². The van der Waals surface area contributed by atoms with E-state index in [0.717, 1.165) is 27.8 Å². The Morgan fingerprint density at radius 2 is 1.76 bits per heavy atom. The molecule has 182 valence electrons. The fourth-order valence-corrected chi connectivity index (χ4v) is 4.97. The summed E-state index contributed by atoms with van der Waals surface area (Å²) in [4.78, 5) is 17.3. The van der Waals surface area contributed by atoms with Gasteiger partial charge in [-0.2, -0.15) is 5.26 Å². The molecular formula is C30H23ClN4O2. The summed E-state index contributed by atoms with van der Waals surface area (Å²) in [5.74, 6) is 0.630. The minimum atomic E-state index is -0.0443. The summed E-state index contributed by atoms with van der Waals surface area (Å²) >= 11 is 6.14. The molecular weight excluding hydrogens is 484 g/mol. The van der Waals surface area contributed by atoms with Crippen molar-refractivity contribution in [1.29, 1.82) is 5.26 Å². The molecule has 0 amide bonds. The highest BCUT2D eigenvalue weighted by Gasteiger charge is 2.23. The summed E-state index contributed by atoms with van der Waals surface area (Å²) in [6.45, 7) is 3.48. The van der Waals surface area contributed by atoms with Gasteiger partial charge in [0.05, 0.1) is 18.3 Å². The third kappa shape index (κ3) is 4.10. The molecule has 0 saturated heterocycles. The van der Waals surface area contributed by atoms with Gasteiger partial charge in [0.15, 0.2) is 5.78 Å². The number of Topliss-reactive ketones (excluding diaryl/α,β-unsaturated/α-hetero) is 1. The second-order valence-corrected chi connectivity index (χ2v) is 9.13. The summed E-state index contributed by atoms with van der Waals surface area (Å²) in [5.41, 5.74) is 12.5. The molecule has 0 fully saturated rings.